The van der Waals surface area contributed by atoms with Gasteiger partial charge in [0.25, 0.3) is 0 Å². The van der Waals surface area contributed by atoms with Crippen LogP contribution in [0.5, 0.6) is 0 Å². The molecule has 5 aliphatic rings. The number of aliphatic hydroxyl groups is 2. The van der Waals surface area contributed by atoms with Gasteiger partial charge in [-0.05, 0) is 86.8 Å². The molecule has 34 heavy (non-hydrogen) atoms. The van der Waals surface area contributed by atoms with Crippen molar-refractivity contribution in [3.63, 3.8) is 0 Å². The molecule has 8 nitrogen and oxygen atoms in total. The van der Waals surface area contributed by atoms with Crippen LogP contribution in [0.1, 0.15) is 63.1 Å². The number of amidine groups is 1. The van der Waals surface area contributed by atoms with E-state index >= 15 is 0 Å². The van der Waals surface area contributed by atoms with E-state index in [4.69, 9.17) is 5.73 Å². The molecule has 4 unspecified atom stereocenters. The SMILES string of the molecule is CCN1C(=O)N(CC)[C@]2(CC[C@@]3(O)[C@@H]4C(C)CC5C4Cc4ccc(/C(N)=N\O)cc4[C@]53C2)C1O. The lowest BCUT2D eigenvalue weighted by Gasteiger charge is -2.61. The molecule has 8 heteroatoms. The molecule has 1 aromatic rings. The van der Waals surface area contributed by atoms with Crippen molar-refractivity contribution in [1.82, 2.24) is 9.80 Å². The first kappa shape index (κ1) is 22.2. The Hall–Kier alpha value is -2.32. The minimum Gasteiger partial charge on any atom is -0.409 e. The van der Waals surface area contributed by atoms with Crippen LogP contribution in [-0.2, 0) is 11.8 Å². The maximum Gasteiger partial charge on any atom is 0.322 e. The van der Waals surface area contributed by atoms with Crippen LogP contribution >= 0.6 is 0 Å². The van der Waals surface area contributed by atoms with E-state index in [0.717, 1.165) is 18.4 Å². The van der Waals surface area contributed by atoms with Crippen LogP contribution in [0.25, 0.3) is 0 Å². The van der Waals surface area contributed by atoms with Crippen LogP contribution in [0.2, 0.25) is 0 Å². The van der Waals surface area contributed by atoms with E-state index in [2.05, 4.69) is 18.1 Å². The molecule has 2 amide bonds. The minimum absolute atomic E-state index is 0.0512. The van der Waals surface area contributed by atoms with Gasteiger partial charge in [0.15, 0.2) is 12.1 Å². The molecule has 8 atom stereocenters. The largest absolute Gasteiger partial charge is 0.409 e. The van der Waals surface area contributed by atoms with Gasteiger partial charge < -0.3 is 26.1 Å². The van der Waals surface area contributed by atoms with E-state index in [-0.39, 0.29) is 23.7 Å². The van der Waals surface area contributed by atoms with E-state index < -0.39 is 22.8 Å². The maximum absolute atomic E-state index is 13.3. The summed E-state index contributed by atoms with van der Waals surface area (Å²) in [4.78, 5) is 16.7. The van der Waals surface area contributed by atoms with Crippen LogP contribution in [0.3, 0.4) is 0 Å². The Morgan fingerprint density at radius 2 is 2.03 bits per heavy atom. The highest BCUT2D eigenvalue weighted by Crippen LogP contribution is 2.75. The number of amides is 2. The van der Waals surface area contributed by atoms with Crippen molar-refractivity contribution in [2.75, 3.05) is 13.1 Å². The number of hydrogen-bond acceptors (Lipinski definition) is 5. The van der Waals surface area contributed by atoms with E-state index in [1.807, 2.05) is 30.9 Å². The summed E-state index contributed by atoms with van der Waals surface area (Å²) in [6, 6.07) is 5.85. The van der Waals surface area contributed by atoms with E-state index in [0.29, 0.717) is 49.8 Å². The fourth-order valence-corrected chi connectivity index (χ4v) is 9.58. The molecule has 1 heterocycles. The number of urea groups is 1. The third-order valence-electron chi connectivity index (χ3n) is 10.6. The van der Waals surface area contributed by atoms with Gasteiger partial charge in [-0.3, -0.25) is 4.90 Å². The quantitative estimate of drug-likeness (QED) is 0.235. The smallest absolute Gasteiger partial charge is 0.322 e. The number of nitrogens with two attached hydrogens (primary N) is 1. The van der Waals surface area contributed by atoms with Crippen LogP contribution in [0, 0.1) is 23.7 Å². The predicted molar refractivity (Wildman–Crippen MR) is 126 cm³/mol. The summed E-state index contributed by atoms with van der Waals surface area (Å²) < 4.78 is 0. The number of rotatable bonds is 3. The van der Waals surface area contributed by atoms with Crippen LogP contribution in [0.15, 0.2) is 23.4 Å². The summed E-state index contributed by atoms with van der Waals surface area (Å²) in [5.74, 6) is 1.35. The Morgan fingerprint density at radius 3 is 2.71 bits per heavy atom. The highest BCUT2D eigenvalue weighted by atomic mass is 16.4. The van der Waals surface area contributed by atoms with Crippen molar-refractivity contribution in [3.05, 3.63) is 34.9 Å². The fourth-order valence-electron chi connectivity index (χ4n) is 9.58. The monoisotopic (exact) mass is 468 g/mol. The summed E-state index contributed by atoms with van der Waals surface area (Å²) in [6.07, 6.45) is 2.72. The van der Waals surface area contributed by atoms with Gasteiger partial charge in [-0.25, -0.2) is 4.79 Å². The summed E-state index contributed by atoms with van der Waals surface area (Å²) in [5, 5.41) is 36.8. The zero-order chi connectivity index (χ0) is 24.2. The van der Waals surface area contributed by atoms with Gasteiger partial charge in [0, 0.05) is 24.1 Å². The molecule has 0 radical (unpaired) electrons. The predicted octanol–water partition coefficient (Wildman–Crippen LogP) is 2.23. The van der Waals surface area contributed by atoms with Gasteiger partial charge in [-0.1, -0.05) is 24.2 Å². The summed E-state index contributed by atoms with van der Waals surface area (Å²) in [5.41, 5.74) is 6.68. The van der Waals surface area contributed by atoms with Gasteiger partial charge in [-0.2, -0.15) is 0 Å². The topological polar surface area (TPSA) is 123 Å². The Labute approximate surface area is 200 Å². The first-order chi connectivity index (χ1) is 16.2. The first-order valence-corrected chi connectivity index (χ1v) is 12.8. The summed E-state index contributed by atoms with van der Waals surface area (Å²) >= 11 is 0. The molecule has 5 N–H and O–H groups in total. The van der Waals surface area contributed by atoms with Crippen molar-refractivity contribution in [1.29, 1.82) is 0 Å². The molecule has 184 valence electrons. The highest BCUT2D eigenvalue weighted by molar-refractivity contribution is 5.97. The standard InChI is InChI=1S/C26H36N4O4/c1-4-29-22(31)24(30(5-2)23(29)32)8-9-26(33)20-14(3)10-19-17(20)11-15-6-7-16(21(27)28-34)12-18(15)25(19,26)13-24/h6-7,12,14,17,19-20,22,31,33-34H,4-5,8-11,13H2,1-3H3,(H2,27,28)/t14?,17?,19?,20-,22?,24+,25-,26-/m1/s1. The molecule has 4 fully saturated rings. The van der Waals surface area contributed by atoms with Crippen molar-refractivity contribution in [2.45, 2.75) is 75.7 Å². The first-order valence-electron chi connectivity index (χ1n) is 12.8. The molecule has 4 aliphatic carbocycles. The van der Waals surface area contributed by atoms with Gasteiger partial charge in [0.1, 0.15) is 0 Å². The second-order valence-corrected chi connectivity index (χ2v) is 11.4. The van der Waals surface area contributed by atoms with E-state index in [9.17, 15) is 20.2 Å². The van der Waals surface area contributed by atoms with Gasteiger partial charge >= 0.3 is 6.03 Å². The zero-order valence-electron chi connectivity index (χ0n) is 20.2. The second kappa shape index (κ2) is 6.88. The molecule has 1 aromatic carbocycles. The van der Waals surface area contributed by atoms with E-state index in [1.54, 1.807) is 4.90 Å². The average molecular weight is 469 g/mol. The normalized spacial score (nSPS) is 44.7. The molecule has 0 aromatic heterocycles. The number of fused-ring (bicyclic) bond motifs is 2. The fraction of sp³-hybridized carbons (Fsp3) is 0.692. The molecular formula is C26H36N4O4. The Kier molecular flexibility index (Phi) is 4.48. The Balaban J connectivity index is 1.58. The summed E-state index contributed by atoms with van der Waals surface area (Å²) in [6.45, 7) is 7.12. The summed E-state index contributed by atoms with van der Waals surface area (Å²) in [7, 11) is 0. The lowest BCUT2D eigenvalue weighted by molar-refractivity contribution is -0.168. The molecule has 2 spiro atoms. The lowest BCUT2D eigenvalue weighted by Crippen LogP contribution is -2.69. The van der Waals surface area contributed by atoms with Crippen LogP contribution < -0.4 is 5.73 Å². The number of benzene rings is 1. The number of nitrogens with zero attached hydrogens (tertiary/aromatic N) is 3. The number of carbonyl (C=O) groups is 1. The molecular weight excluding hydrogens is 432 g/mol. The number of carbonyl (C=O) groups excluding carboxylic acids is 1. The van der Waals surface area contributed by atoms with Gasteiger partial charge in [-0.15, -0.1) is 0 Å². The number of oxime groups is 1. The van der Waals surface area contributed by atoms with Crippen molar-refractivity contribution >= 4 is 11.9 Å². The molecule has 1 saturated heterocycles. The van der Waals surface area contributed by atoms with Crippen molar-refractivity contribution in [3.8, 4) is 0 Å². The number of likely N-dealkylation sites (N-methyl/N-ethyl adjacent to an activating group) is 2. The Bertz CT molecular complexity index is 1090. The zero-order valence-corrected chi connectivity index (χ0v) is 20.2. The third kappa shape index (κ3) is 2.23. The van der Waals surface area contributed by atoms with Crippen molar-refractivity contribution in [2.24, 2.45) is 34.6 Å². The number of hydrogen-bond donors (Lipinski definition) is 4. The highest BCUT2D eigenvalue weighted by Gasteiger charge is 2.79. The molecule has 3 saturated carbocycles. The number of aliphatic hydroxyl groups excluding tert-OH is 1. The maximum atomic E-state index is 13.3. The third-order valence-corrected chi connectivity index (χ3v) is 10.6. The van der Waals surface area contributed by atoms with Crippen molar-refractivity contribution < 1.29 is 20.2 Å². The Morgan fingerprint density at radius 1 is 1.26 bits per heavy atom. The lowest BCUT2D eigenvalue weighted by atomic mass is 9.47. The van der Waals surface area contributed by atoms with Gasteiger partial charge in [0.05, 0.1) is 11.1 Å². The molecule has 4 bridgehead atoms. The van der Waals surface area contributed by atoms with Crippen LogP contribution in [0.4, 0.5) is 4.79 Å². The molecule has 6 rings (SSSR count). The second-order valence-electron chi connectivity index (χ2n) is 11.4. The average Bonchev–Trinajstić information content (AvgIpc) is 3.31. The molecule has 1 aliphatic heterocycles. The minimum atomic E-state index is -0.906. The van der Waals surface area contributed by atoms with Gasteiger partial charge in [0.2, 0.25) is 0 Å². The van der Waals surface area contributed by atoms with E-state index in [1.165, 1.54) is 5.56 Å². The van der Waals surface area contributed by atoms with Crippen LogP contribution in [-0.4, -0.2) is 67.5 Å².